The summed E-state index contributed by atoms with van der Waals surface area (Å²) in [5, 5.41) is 3.43. The van der Waals surface area contributed by atoms with Crippen LogP contribution < -0.4 is 14.8 Å². The number of rotatable bonds is 7. The third-order valence-corrected chi connectivity index (χ3v) is 5.02. The van der Waals surface area contributed by atoms with Gasteiger partial charge < -0.3 is 19.5 Å². The predicted octanol–water partition coefficient (Wildman–Crippen LogP) is 4.23. The van der Waals surface area contributed by atoms with E-state index in [1.165, 1.54) is 0 Å². The number of ether oxygens (including phenoxy) is 3. The summed E-state index contributed by atoms with van der Waals surface area (Å²) in [6.07, 6.45) is 0. The molecule has 1 aliphatic rings. The topological polar surface area (TPSA) is 73.9 Å². The monoisotopic (exact) mass is 417 g/mol. The van der Waals surface area contributed by atoms with Crippen molar-refractivity contribution in [2.75, 3.05) is 13.4 Å². The van der Waals surface area contributed by atoms with Crippen molar-refractivity contribution in [3.63, 3.8) is 0 Å². The quantitative estimate of drug-likeness (QED) is 0.682. The number of hydrogen-bond acceptors (Lipinski definition) is 5. The molecule has 0 radical (unpaired) electrons. The maximum absolute atomic E-state index is 12.6. The summed E-state index contributed by atoms with van der Waals surface area (Å²) in [6, 6.07) is 12.3. The molecular formula is C22H24ClNO5. The largest absolute Gasteiger partial charge is 0.455 e. The molecule has 3 rings (SSSR count). The molecule has 0 unspecified atom stereocenters. The molecule has 154 valence electrons. The van der Waals surface area contributed by atoms with Gasteiger partial charge in [0.1, 0.15) is 0 Å². The zero-order valence-electron chi connectivity index (χ0n) is 16.6. The summed E-state index contributed by atoms with van der Waals surface area (Å²) < 4.78 is 15.9. The smallest absolute Gasteiger partial charge is 0.314 e. The minimum Gasteiger partial charge on any atom is -0.455 e. The standard InChI is InChI=1S/C22H24ClNO5/c1-13(2)21(15-4-7-17(23)8-5-15)22(26)27-11-20(25)24-14(3)16-6-9-18-19(10-16)29-12-28-18/h4-10,13-14,21H,11-12H2,1-3H3,(H,24,25)/t14-,21-/m0/s1. The fourth-order valence-electron chi connectivity index (χ4n) is 3.24. The highest BCUT2D eigenvalue weighted by molar-refractivity contribution is 6.30. The zero-order valence-corrected chi connectivity index (χ0v) is 17.4. The Morgan fingerprint density at radius 3 is 2.38 bits per heavy atom. The molecule has 0 fully saturated rings. The lowest BCUT2D eigenvalue weighted by molar-refractivity contribution is -0.151. The summed E-state index contributed by atoms with van der Waals surface area (Å²) in [6.45, 7) is 5.57. The molecule has 1 N–H and O–H groups in total. The van der Waals surface area contributed by atoms with E-state index < -0.39 is 11.9 Å². The molecule has 2 atom stereocenters. The van der Waals surface area contributed by atoms with Gasteiger partial charge in [-0.3, -0.25) is 9.59 Å². The number of carbonyl (C=O) groups is 2. The minimum absolute atomic E-state index is 0.0132. The summed E-state index contributed by atoms with van der Waals surface area (Å²) in [4.78, 5) is 24.9. The molecule has 7 heteroatoms. The molecule has 0 spiro atoms. The highest BCUT2D eigenvalue weighted by Crippen LogP contribution is 2.34. The van der Waals surface area contributed by atoms with Crippen molar-refractivity contribution < 1.29 is 23.8 Å². The lowest BCUT2D eigenvalue weighted by Gasteiger charge is -2.20. The molecule has 0 aromatic heterocycles. The number of benzene rings is 2. The molecule has 2 aromatic rings. The Hall–Kier alpha value is -2.73. The fourth-order valence-corrected chi connectivity index (χ4v) is 3.36. The van der Waals surface area contributed by atoms with Gasteiger partial charge in [-0.05, 0) is 48.2 Å². The fraction of sp³-hybridized carbons (Fsp3) is 0.364. The van der Waals surface area contributed by atoms with E-state index in [-0.39, 0.29) is 31.3 Å². The lowest BCUT2D eigenvalue weighted by Crippen LogP contribution is -2.32. The van der Waals surface area contributed by atoms with Crippen LogP contribution in [0, 0.1) is 5.92 Å². The maximum Gasteiger partial charge on any atom is 0.314 e. The SMILES string of the molecule is CC(C)[C@H](C(=O)OCC(=O)N[C@@H](C)c1ccc2c(c1)OCO2)c1ccc(Cl)cc1. The molecule has 0 saturated carbocycles. The second-order valence-corrected chi connectivity index (χ2v) is 7.72. The van der Waals surface area contributed by atoms with Gasteiger partial charge in [0.15, 0.2) is 18.1 Å². The average Bonchev–Trinajstić information content (AvgIpc) is 3.15. The normalized spacial score (nSPS) is 14.4. The van der Waals surface area contributed by atoms with Crippen molar-refractivity contribution in [1.29, 1.82) is 0 Å². The number of halogens is 1. The number of fused-ring (bicyclic) bond motifs is 1. The average molecular weight is 418 g/mol. The Kier molecular flexibility index (Phi) is 6.64. The number of hydrogen-bond donors (Lipinski definition) is 1. The third kappa shape index (κ3) is 5.21. The number of esters is 1. The highest BCUT2D eigenvalue weighted by atomic mass is 35.5. The van der Waals surface area contributed by atoms with Crippen LogP contribution in [0.3, 0.4) is 0 Å². The van der Waals surface area contributed by atoms with Crippen LogP contribution in [-0.4, -0.2) is 25.3 Å². The second kappa shape index (κ2) is 9.18. The van der Waals surface area contributed by atoms with Crippen molar-refractivity contribution in [3.05, 3.63) is 58.6 Å². The van der Waals surface area contributed by atoms with E-state index in [9.17, 15) is 9.59 Å². The summed E-state index contributed by atoms with van der Waals surface area (Å²) in [7, 11) is 0. The van der Waals surface area contributed by atoms with Crippen LogP contribution in [0.5, 0.6) is 11.5 Å². The van der Waals surface area contributed by atoms with Crippen molar-refractivity contribution >= 4 is 23.5 Å². The first-order chi connectivity index (χ1) is 13.8. The van der Waals surface area contributed by atoms with Crippen LogP contribution in [0.4, 0.5) is 0 Å². The molecule has 0 aliphatic carbocycles. The van der Waals surface area contributed by atoms with E-state index in [2.05, 4.69) is 5.32 Å². The van der Waals surface area contributed by atoms with Crippen LogP contribution in [0.1, 0.15) is 43.9 Å². The van der Waals surface area contributed by atoms with Crippen LogP contribution >= 0.6 is 11.6 Å². The molecule has 0 bridgehead atoms. The van der Waals surface area contributed by atoms with Crippen LogP contribution in [-0.2, 0) is 14.3 Å². The Labute approximate surface area is 175 Å². The molecule has 0 saturated heterocycles. The first-order valence-corrected chi connectivity index (χ1v) is 9.84. The summed E-state index contributed by atoms with van der Waals surface area (Å²) in [5.74, 6) is 0.0712. The van der Waals surface area contributed by atoms with Gasteiger partial charge in [0, 0.05) is 5.02 Å². The lowest BCUT2D eigenvalue weighted by atomic mass is 9.88. The van der Waals surface area contributed by atoms with Gasteiger partial charge in [-0.15, -0.1) is 0 Å². The first-order valence-electron chi connectivity index (χ1n) is 9.46. The number of nitrogens with one attached hydrogen (secondary N) is 1. The van der Waals surface area contributed by atoms with Gasteiger partial charge in [-0.25, -0.2) is 0 Å². The van der Waals surface area contributed by atoms with Crippen LogP contribution in [0.2, 0.25) is 5.02 Å². The van der Waals surface area contributed by atoms with Crippen LogP contribution in [0.25, 0.3) is 0 Å². The minimum atomic E-state index is -0.466. The van der Waals surface area contributed by atoms with E-state index in [4.69, 9.17) is 25.8 Å². The molecular weight excluding hydrogens is 394 g/mol. The van der Waals surface area contributed by atoms with E-state index in [0.29, 0.717) is 16.5 Å². The van der Waals surface area contributed by atoms with Crippen molar-refractivity contribution in [2.24, 2.45) is 5.92 Å². The zero-order chi connectivity index (χ0) is 21.0. The van der Waals surface area contributed by atoms with Crippen molar-refractivity contribution in [3.8, 4) is 11.5 Å². The second-order valence-electron chi connectivity index (χ2n) is 7.28. The first kappa shape index (κ1) is 21.0. The maximum atomic E-state index is 12.6. The Bertz CT molecular complexity index is 881. The van der Waals surface area contributed by atoms with Gasteiger partial charge in [0.2, 0.25) is 6.79 Å². The third-order valence-electron chi connectivity index (χ3n) is 4.77. The van der Waals surface area contributed by atoms with E-state index in [1.54, 1.807) is 30.3 Å². The van der Waals surface area contributed by atoms with E-state index >= 15 is 0 Å². The van der Waals surface area contributed by atoms with Crippen molar-refractivity contribution in [2.45, 2.75) is 32.7 Å². The van der Waals surface area contributed by atoms with E-state index in [0.717, 1.165) is 11.1 Å². The molecule has 6 nitrogen and oxygen atoms in total. The van der Waals surface area contributed by atoms with Crippen LogP contribution in [0.15, 0.2) is 42.5 Å². The number of carbonyl (C=O) groups excluding carboxylic acids is 2. The molecule has 1 aliphatic heterocycles. The van der Waals surface area contributed by atoms with Gasteiger partial charge in [0.05, 0.1) is 12.0 Å². The molecule has 1 amide bonds. The molecule has 2 aromatic carbocycles. The Morgan fingerprint density at radius 1 is 1.03 bits per heavy atom. The Balaban J connectivity index is 1.56. The summed E-state index contributed by atoms with van der Waals surface area (Å²) in [5.41, 5.74) is 1.68. The van der Waals surface area contributed by atoms with Gasteiger partial charge in [-0.2, -0.15) is 0 Å². The highest BCUT2D eigenvalue weighted by Gasteiger charge is 2.26. The van der Waals surface area contributed by atoms with Crippen molar-refractivity contribution in [1.82, 2.24) is 5.32 Å². The van der Waals surface area contributed by atoms with E-state index in [1.807, 2.05) is 32.9 Å². The molecule has 1 heterocycles. The molecule has 29 heavy (non-hydrogen) atoms. The summed E-state index contributed by atoms with van der Waals surface area (Å²) >= 11 is 5.92. The predicted molar refractivity (Wildman–Crippen MR) is 109 cm³/mol. The van der Waals surface area contributed by atoms with Gasteiger partial charge in [0.25, 0.3) is 5.91 Å². The van der Waals surface area contributed by atoms with Gasteiger partial charge >= 0.3 is 5.97 Å². The Morgan fingerprint density at radius 2 is 1.69 bits per heavy atom. The number of amides is 1. The van der Waals surface area contributed by atoms with Gasteiger partial charge in [-0.1, -0.05) is 43.6 Å².